The Morgan fingerprint density at radius 3 is 2.79 bits per heavy atom. The molecular weight excluding hydrogens is 419 g/mol. The van der Waals surface area contributed by atoms with E-state index in [4.69, 9.17) is 26.4 Å². The molecule has 29 heavy (non-hydrogen) atoms. The van der Waals surface area contributed by atoms with E-state index in [1.165, 1.54) is 23.6 Å². The Morgan fingerprint density at radius 1 is 1.28 bits per heavy atom. The summed E-state index contributed by atoms with van der Waals surface area (Å²) in [5.41, 5.74) is 0.988. The number of nitrogens with zero attached hydrogens (tertiary/aromatic N) is 3. The minimum absolute atomic E-state index is 0.0798. The molecule has 3 heterocycles. The number of amides is 1. The fraction of sp³-hybridized carbons (Fsp3) is 0.263. The lowest BCUT2D eigenvalue weighted by Gasteiger charge is -2.19. The molecule has 1 aliphatic rings. The molecule has 0 radical (unpaired) electrons. The molecule has 10 heteroatoms. The highest BCUT2D eigenvalue weighted by Crippen LogP contribution is 2.42. The summed E-state index contributed by atoms with van der Waals surface area (Å²) in [5.74, 6) is -0.484. The van der Waals surface area contributed by atoms with Gasteiger partial charge in [-0.15, -0.1) is 11.3 Å². The Balaban J connectivity index is 1.85. The number of carboxylic acid groups (broad SMARTS) is 1. The molecule has 3 aromatic rings. The van der Waals surface area contributed by atoms with Crippen LogP contribution < -0.4 is 5.32 Å². The zero-order valence-corrected chi connectivity index (χ0v) is 16.6. The second kappa shape index (κ2) is 8.40. The third-order valence-corrected chi connectivity index (χ3v) is 5.99. The normalized spacial score (nSPS) is 14.7. The lowest BCUT2D eigenvalue weighted by atomic mass is 10.0. The van der Waals surface area contributed by atoms with Crippen LogP contribution in [0.4, 0.5) is 14.9 Å². The van der Waals surface area contributed by atoms with Crippen molar-refractivity contribution in [2.75, 3.05) is 18.5 Å². The summed E-state index contributed by atoms with van der Waals surface area (Å²) >= 11 is 7.39. The van der Waals surface area contributed by atoms with Crippen molar-refractivity contribution in [1.82, 2.24) is 15.0 Å². The Bertz CT molecular complexity index is 1060. The van der Waals surface area contributed by atoms with Crippen molar-refractivity contribution in [3.05, 3.63) is 46.6 Å². The van der Waals surface area contributed by atoms with E-state index >= 15 is 4.39 Å². The van der Waals surface area contributed by atoms with Gasteiger partial charge in [0.2, 0.25) is 5.28 Å². The Kier molecular flexibility index (Phi) is 5.70. The number of thiazole rings is 1. The third-order valence-electron chi connectivity index (χ3n) is 4.57. The molecule has 4 rings (SSSR count). The standard InChI is InChI=1S/C19H16ClFN4O3S/c20-18-22-7-4-13(23-18)16-15(25-17(29-16)10-5-8-28-9-6-10)11-2-1-3-12(14(11)21)24-19(26)27/h1-4,7,10,24H,5-6,8-9H2,(H,26,27). The Labute approximate surface area is 174 Å². The van der Waals surface area contributed by atoms with Crippen LogP contribution in [-0.4, -0.2) is 39.4 Å². The van der Waals surface area contributed by atoms with Gasteiger partial charge in [-0.1, -0.05) is 6.07 Å². The minimum atomic E-state index is -1.34. The van der Waals surface area contributed by atoms with Crippen LogP contribution in [0.25, 0.3) is 21.8 Å². The average Bonchev–Trinajstić information content (AvgIpc) is 3.15. The Morgan fingerprint density at radius 2 is 2.07 bits per heavy atom. The van der Waals surface area contributed by atoms with Crippen molar-refractivity contribution in [1.29, 1.82) is 0 Å². The minimum Gasteiger partial charge on any atom is -0.465 e. The number of ether oxygens (including phenoxy) is 1. The van der Waals surface area contributed by atoms with Gasteiger partial charge >= 0.3 is 6.09 Å². The predicted molar refractivity (Wildman–Crippen MR) is 108 cm³/mol. The summed E-state index contributed by atoms with van der Waals surface area (Å²) in [6.45, 7) is 1.31. The molecule has 7 nitrogen and oxygen atoms in total. The Hall–Kier alpha value is -2.62. The van der Waals surface area contributed by atoms with Gasteiger partial charge in [-0.25, -0.2) is 24.1 Å². The van der Waals surface area contributed by atoms with Gasteiger partial charge in [-0.05, 0) is 42.6 Å². The maximum Gasteiger partial charge on any atom is 0.409 e. The fourth-order valence-corrected chi connectivity index (χ4v) is 4.57. The SMILES string of the molecule is O=C(O)Nc1cccc(-c2nc(C3CCOCC3)sc2-c2ccnc(Cl)n2)c1F. The number of nitrogens with one attached hydrogen (secondary N) is 1. The van der Waals surface area contributed by atoms with Crippen LogP contribution in [0.2, 0.25) is 5.28 Å². The highest BCUT2D eigenvalue weighted by molar-refractivity contribution is 7.15. The van der Waals surface area contributed by atoms with Crippen molar-refractivity contribution >= 4 is 34.7 Å². The van der Waals surface area contributed by atoms with Gasteiger partial charge in [0.05, 0.1) is 27.0 Å². The topological polar surface area (TPSA) is 97.2 Å². The van der Waals surface area contributed by atoms with E-state index in [0.29, 0.717) is 29.5 Å². The monoisotopic (exact) mass is 434 g/mol. The molecule has 0 aliphatic carbocycles. The molecule has 1 saturated heterocycles. The molecule has 0 bridgehead atoms. The number of benzene rings is 1. The van der Waals surface area contributed by atoms with E-state index in [9.17, 15) is 4.79 Å². The zero-order valence-electron chi connectivity index (χ0n) is 15.1. The summed E-state index contributed by atoms with van der Waals surface area (Å²) in [7, 11) is 0. The maximum absolute atomic E-state index is 15.1. The summed E-state index contributed by atoms with van der Waals surface area (Å²) in [6.07, 6.45) is 1.85. The number of carbonyl (C=O) groups is 1. The molecule has 2 aromatic heterocycles. The van der Waals surface area contributed by atoms with E-state index in [1.54, 1.807) is 18.2 Å². The molecule has 0 saturated carbocycles. The summed E-state index contributed by atoms with van der Waals surface area (Å²) in [4.78, 5) is 24.5. The van der Waals surface area contributed by atoms with Gasteiger partial charge in [0.1, 0.15) is 0 Å². The molecule has 0 atom stereocenters. The molecule has 0 spiro atoms. The van der Waals surface area contributed by atoms with E-state index in [1.807, 2.05) is 0 Å². The summed E-state index contributed by atoms with van der Waals surface area (Å²) in [6, 6.07) is 6.19. The van der Waals surface area contributed by atoms with Gasteiger partial charge < -0.3 is 9.84 Å². The second-order valence-corrected chi connectivity index (χ2v) is 7.79. The first-order chi connectivity index (χ1) is 14.0. The van der Waals surface area contributed by atoms with E-state index in [0.717, 1.165) is 17.8 Å². The van der Waals surface area contributed by atoms with Crippen molar-refractivity contribution in [3.63, 3.8) is 0 Å². The second-order valence-electron chi connectivity index (χ2n) is 6.42. The van der Waals surface area contributed by atoms with Crippen molar-refractivity contribution in [2.24, 2.45) is 0 Å². The molecule has 1 aliphatic heterocycles. The predicted octanol–water partition coefficient (Wildman–Crippen LogP) is 5.04. The largest absolute Gasteiger partial charge is 0.465 e. The van der Waals surface area contributed by atoms with Gasteiger partial charge in [-0.2, -0.15) is 0 Å². The number of aromatic nitrogens is 3. The fourth-order valence-electron chi connectivity index (χ4n) is 3.20. The van der Waals surface area contributed by atoms with Gasteiger partial charge in [0.15, 0.2) is 5.82 Å². The number of hydrogen-bond acceptors (Lipinski definition) is 6. The number of anilines is 1. The van der Waals surface area contributed by atoms with Crippen LogP contribution in [0.15, 0.2) is 30.5 Å². The first kappa shape index (κ1) is 19.7. The van der Waals surface area contributed by atoms with Crippen molar-refractivity contribution in [2.45, 2.75) is 18.8 Å². The van der Waals surface area contributed by atoms with Crippen LogP contribution >= 0.6 is 22.9 Å². The molecule has 1 amide bonds. The molecule has 1 fully saturated rings. The van der Waals surface area contributed by atoms with Crippen molar-refractivity contribution in [3.8, 4) is 21.8 Å². The van der Waals surface area contributed by atoms with Crippen LogP contribution in [-0.2, 0) is 4.74 Å². The molecule has 0 unspecified atom stereocenters. The molecule has 150 valence electrons. The molecule has 1 aromatic carbocycles. The zero-order chi connectivity index (χ0) is 20.4. The molecule has 2 N–H and O–H groups in total. The highest BCUT2D eigenvalue weighted by Gasteiger charge is 2.25. The van der Waals surface area contributed by atoms with Gasteiger partial charge in [0.25, 0.3) is 0 Å². The van der Waals surface area contributed by atoms with E-state index in [2.05, 4.69) is 15.3 Å². The summed E-state index contributed by atoms with van der Waals surface area (Å²) < 4.78 is 20.5. The van der Waals surface area contributed by atoms with E-state index in [-0.39, 0.29) is 22.5 Å². The number of rotatable bonds is 4. The van der Waals surface area contributed by atoms with Crippen LogP contribution in [0.3, 0.4) is 0 Å². The smallest absolute Gasteiger partial charge is 0.409 e. The van der Waals surface area contributed by atoms with Crippen molar-refractivity contribution < 1.29 is 19.0 Å². The first-order valence-electron chi connectivity index (χ1n) is 8.89. The van der Waals surface area contributed by atoms with Crippen LogP contribution in [0.5, 0.6) is 0 Å². The van der Waals surface area contributed by atoms with Crippen LogP contribution in [0.1, 0.15) is 23.8 Å². The maximum atomic E-state index is 15.1. The van der Waals surface area contributed by atoms with E-state index < -0.39 is 11.9 Å². The number of halogens is 2. The third kappa shape index (κ3) is 4.21. The lowest BCUT2D eigenvalue weighted by molar-refractivity contribution is 0.0853. The van der Waals surface area contributed by atoms with Gasteiger partial charge in [0, 0.05) is 30.9 Å². The number of hydrogen-bond donors (Lipinski definition) is 2. The van der Waals surface area contributed by atoms with Gasteiger partial charge in [-0.3, -0.25) is 5.32 Å². The lowest BCUT2D eigenvalue weighted by Crippen LogP contribution is -2.13. The summed E-state index contributed by atoms with van der Waals surface area (Å²) in [5, 5.41) is 12.0. The first-order valence-corrected chi connectivity index (χ1v) is 10.1. The average molecular weight is 435 g/mol. The molecular formula is C19H16ClFN4O3S. The quantitative estimate of drug-likeness (QED) is 0.558. The highest BCUT2D eigenvalue weighted by atomic mass is 35.5. The van der Waals surface area contributed by atoms with Crippen LogP contribution in [0, 0.1) is 5.82 Å².